The van der Waals surface area contributed by atoms with Crippen LogP contribution >= 0.6 is 35.3 Å². The van der Waals surface area contributed by atoms with Crippen molar-refractivity contribution in [3.63, 3.8) is 0 Å². The Hall–Kier alpha value is -1.59. The third kappa shape index (κ3) is 5.71. The number of aromatic nitrogens is 1. The molecule has 2 aromatic rings. The molecule has 9 heteroatoms. The normalized spacial score (nSPS) is 16.9. The van der Waals surface area contributed by atoms with Gasteiger partial charge in [-0.15, -0.1) is 35.3 Å². The third-order valence-corrected chi connectivity index (χ3v) is 5.35. The molecule has 1 aliphatic rings. The number of hydrogen-bond acceptors (Lipinski definition) is 6. The van der Waals surface area contributed by atoms with E-state index in [1.165, 1.54) is 0 Å². The lowest BCUT2D eigenvalue weighted by atomic mass is 10.2. The van der Waals surface area contributed by atoms with Gasteiger partial charge in [-0.1, -0.05) is 12.1 Å². The number of halogens is 1. The molecule has 1 aliphatic heterocycles. The predicted molar refractivity (Wildman–Crippen MR) is 122 cm³/mol. The number of nitrogens with zero attached hydrogens (tertiary/aromatic N) is 3. The Kier molecular flexibility index (Phi) is 8.77. The van der Waals surface area contributed by atoms with Crippen molar-refractivity contribution in [1.82, 2.24) is 15.2 Å². The first-order chi connectivity index (χ1) is 13.1. The van der Waals surface area contributed by atoms with E-state index in [4.69, 9.17) is 14.2 Å². The van der Waals surface area contributed by atoms with Crippen molar-refractivity contribution >= 4 is 41.3 Å². The van der Waals surface area contributed by atoms with Crippen molar-refractivity contribution < 1.29 is 14.2 Å². The Balaban J connectivity index is 0.00000280. The summed E-state index contributed by atoms with van der Waals surface area (Å²) in [5.41, 5.74) is 0.996. The van der Waals surface area contributed by atoms with Crippen molar-refractivity contribution in [1.29, 1.82) is 0 Å². The van der Waals surface area contributed by atoms with E-state index in [9.17, 15) is 0 Å². The number of aliphatic imine (C=N–C) groups is 1. The Labute approximate surface area is 187 Å². The highest BCUT2D eigenvalue weighted by Gasteiger charge is 2.21. The third-order valence-electron chi connectivity index (χ3n) is 4.30. The molecule has 0 bridgehead atoms. The van der Waals surface area contributed by atoms with Gasteiger partial charge in [0.1, 0.15) is 23.8 Å². The van der Waals surface area contributed by atoms with Gasteiger partial charge in [0.2, 0.25) is 0 Å². The predicted octanol–water partition coefficient (Wildman–Crippen LogP) is 3.32. The van der Waals surface area contributed by atoms with Gasteiger partial charge >= 0.3 is 0 Å². The van der Waals surface area contributed by atoms with Gasteiger partial charge in [-0.05, 0) is 19.1 Å². The lowest BCUT2D eigenvalue weighted by Gasteiger charge is -2.28. The molecule has 7 nitrogen and oxygen atoms in total. The molecule has 28 heavy (non-hydrogen) atoms. The van der Waals surface area contributed by atoms with Gasteiger partial charge in [-0.3, -0.25) is 4.99 Å². The summed E-state index contributed by atoms with van der Waals surface area (Å²) < 4.78 is 17.1. The zero-order chi connectivity index (χ0) is 19.2. The molecule has 0 radical (unpaired) electrons. The summed E-state index contributed by atoms with van der Waals surface area (Å²) in [6, 6.07) is 7.72. The second-order valence-electron chi connectivity index (χ2n) is 6.34. The van der Waals surface area contributed by atoms with Crippen LogP contribution in [0.25, 0.3) is 0 Å². The Morgan fingerprint density at radius 3 is 2.89 bits per heavy atom. The van der Waals surface area contributed by atoms with E-state index in [2.05, 4.69) is 20.7 Å². The zero-order valence-corrected chi connectivity index (χ0v) is 19.7. The summed E-state index contributed by atoms with van der Waals surface area (Å²) in [6.07, 6.45) is -0.0590. The van der Waals surface area contributed by atoms with Crippen molar-refractivity contribution in [3.8, 4) is 11.5 Å². The van der Waals surface area contributed by atoms with Crippen LogP contribution < -0.4 is 14.8 Å². The van der Waals surface area contributed by atoms with Crippen molar-refractivity contribution in [2.45, 2.75) is 25.7 Å². The van der Waals surface area contributed by atoms with Crippen LogP contribution in [-0.2, 0) is 11.3 Å². The molecule has 0 amide bonds. The number of para-hydroxylation sites is 2. The highest BCUT2D eigenvalue weighted by atomic mass is 127. The number of thiazole rings is 1. The number of ether oxygens (including phenoxy) is 3. The maximum absolute atomic E-state index is 5.98. The molecular weight excluding hydrogens is 491 g/mol. The largest absolute Gasteiger partial charge is 0.486 e. The highest BCUT2D eigenvalue weighted by molar-refractivity contribution is 14.0. The molecule has 1 aromatic carbocycles. The maximum atomic E-state index is 5.98. The molecule has 0 saturated heterocycles. The smallest absolute Gasteiger partial charge is 0.193 e. The molecule has 0 fully saturated rings. The molecule has 0 spiro atoms. The Morgan fingerprint density at radius 1 is 1.43 bits per heavy atom. The monoisotopic (exact) mass is 518 g/mol. The van der Waals surface area contributed by atoms with Gasteiger partial charge in [0, 0.05) is 26.6 Å². The highest BCUT2D eigenvalue weighted by Crippen LogP contribution is 2.30. The minimum atomic E-state index is -0.0709. The fourth-order valence-electron chi connectivity index (χ4n) is 2.75. The Morgan fingerprint density at radius 2 is 2.18 bits per heavy atom. The number of guanidine groups is 1. The fourth-order valence-corrected chi connectivity index (χ4v) is 3.60. The van der Waals surface area contributed by atoms with E-state index in [0.29, 0.717) is 19.7 Å². The van der Waals surface area contributed by atoms with Gasteiger partial charge < -0.3 is 24.4 Å². The van der Waals surface area contributed by atoms with Crippen LogP contribution in [0.3, 0.4) is 0 Å². The maximum Gasteiger partial charge on any atom is 0.193 e. The van der Waals surface area contributed by atoms with E-state index in [0.717, 1.165) is 28.2 Å². The van der Waals surface area contributed by atoms with Crippen LogP contribution in [0, 0.1) is 0 Å². The molecule has 154 valence electrons. The lowest BCUT2D eigenvalue weighted by Crippen LogP contribution is -2.45. The first kappa shape index (κ1) is 22.7. The van der Waals surface area contributed by atoms with E-state index in [1.54, 1.807) is 25.5 Å². The van der Waals surface area contributed by atoms with Crippen LogP contribution in [-0.4, -0.2) is 56.3 Å². The molecule has 1 N–H and O–H groups in total. The first-order valence-electron chi connectivity index (χ1n) is 8.88. The number of fused-ring (bicyclic) bond motifs is 1. The van der Waals surface area contributed by atoms with E-state index >= 15 is 0 Å². The quantitative estimate of drug-likeness (QED) is 0.360. The second-order valence-corrected chi connectivity index (χ2v) is 7.23. The van der Waals surface area contributed by atoms with Crippen LogP contribution in [0.2, 0.25) is 0 Å². The molecule has 2 heterocycles. The zero-order valence-electron chi connectivity index (χ0n) is 16.5. The van der Waals surface area contributed by atoms with Crippen molar-refractivity contribution in [2.24, 2.45) is 4.99 Å². The first-order valence-corrected chi connectivity index (χ1v) is 9.76. The van der Waals surface area contributed by atoms with Gasteiger partial charge in [0.15, 0.2) is 17.5 Å². The minimum absolute atomic E-state index is 0. The van der Waals surface area contributed by atoms with Crippen molar-refractivity contribution in [2.75, 3.05) is 34.4 Å². The van der Waals surface area contributed by atoms with Gasteiger partial charge in [-0.2, -0.15) is 0 Å². The van der Waals surface area contributed by atoms with Crippen LogP contribution in [0.1, 0.15) is 23.7 Å². The molecule has 2 unspecified atom stereocenters. The van der Waals surface area contributed by atoms with Crippen LogP contribution in [0.4, 0.5) is 0 Å². The summed E-state index contributed by atoms with van der Waals surface area (Å²) in [6.45, 7) is 3.78. The summed E-state index contributed by atoms with van der Waals surface area (Å²) in [7, 11) is 5.45. The number of methoxy groups -OCH3 is 1. The minimum Gasteiger partial charge on any atom is -0.486 e. The van der Waals surface area contributed by atoms with Crippen LogP contribution in [0.5, 0.6) is 11.5 Å². The fraction of sp³-hybridized carbons (Fsp3) is 0.474. The van der Waals surface area contributed by atoms with Crippen LogP contribution in [0.15, 0.2) is 34.6 Å². The summed E-state index contributed by atoms with van der Waals surface area (Å²) in [5.74, 6) is 2.35. The molecule has 0 saturated carbocycles. The molecule has 2 atom stereocenters. The van der Waals surface area contributed by atoms with E-state index in [-0.39, 0.29) is 36.2 Å². The molecule has 0 aliphatic carbocycles. The number of rotatable bonds is 6. The second kappa shape index (κ2) is 10.8. The summed E-state index contributed by atoms with van der Waals surface area (Å²) >= 11 is 1.61. The van der Waals surface area contributed by atoms with Gasteiger partial charge in [0.25, 0.3) is 0 Å². The summed E-state index contributed by atoms with van der Waals surface area (Å²) in [5, 5.41) is 6.39. The molecule has 1 aromatic heterocycles. The SMILES string of the molecule is CN=C(NCC1COc2ccccc2O1)N(C)Cc1csc(C(C)OC)n1.I. The molecular formula is C19H27IN4O3S. The van der Waals surface area contributed by atoms with E-state index in [1.807, 2.05) is 43.1 Å². The van der Waals surface area contributed by atoms with E-state index < -0.39 is 0 Å². The number of nitrogens with one attached hydrogen (secondary N) is 1. The summed E-state index contributed by atoms with van der Waals surface area (Å²) in [4.78, 5) is 11.0. The molecule has 3 rings (SSSR count). The van der Waals surface area contributed by atoms with Gasteiger partial charge in [-0.25, -0.2) is 4.98 Å². The van der Waals surface area contributed by atoms with Crippen molar-refractivity contribution in [3.05, 3.63) is 40.3 Å². The lowest BCUT2D eigenvalue weighted by molar-refractivity contribution is 0.0931. The van der Waals surface area contributed by atoms with Gasteiger partial charge in [0.05, 0.1) is 18.8 Å². The topological polar surface area (TPSA) is 68.2 Å². The Bertz CT molecular complexity index is 786. The number of hydrogen-bond donors (Lipinski definition) is 1. The average molecular weight is 518 g/mol. The average Bonchev–Trinajstić information content (AvgIpc) is 3.16. The number of benzene rings is 1. The standard InChI is InChI=1S/C19H26N4O3S.HI/c1-13(24-4)18-22-14(12-27-18)10-23(3)19(20-2)21-9-15-11-25-16-7-5-6-8-17(16)26-15;/h5-8,12-13,15H,9-11H2,1-4H3,(H,20,21);1H.